The minimum Gasteiger partial charge on any atom is -0.467 e. The van der Waals surface area contributed by atoms with Crippen LogP contribution in [0.4, 0.5) is 0 Å². The molecule has 1 amide bonds. The van der Waals surface area contributed by atoms with Gasteiger partial charge in [-0.05, 0) is 54.2 Å². The Morgan fingerprint density at radius 2 is 2.06 bits per heavy atom. The van der Waals surface area contributed by atoms with E-state index in [-0.39, 0.29) is 12.5 Å². The third kappa shape index (κ3) is 7.43. The molecular weight excluding hydrogens is 448 g/mol. The van der Waals surface area contributed by atoms with Gasteiger partial charge in [0.15, 0.2) is 0 Å². The first-order chi connectivity index (χ1) is 16.5. The number of esters is 1. The summed E-state index contributed by atoms with van der Waals surface area (Å²) in [4.78, 5) is 29.9. The zero-order valence-corrected chi connectivity index (χ0v) is 21.2. The van der Waals surface area contributed by atoms with Gasteiger partial charge in [-0.25, -0.2) is 4.79 Å². The van der Waals surface area contributed by atoms with Gasteiger partial charge in [-0.1, -0.05) is 42.5 Å². The van der Waals surface area contributed by atoms with Crippen molar-refractivity contribution >= 4 is 34.4 Å². The summed E-state index contributed by atoms with van der Waals surface area (Å²) in [6.07, 6.45) is 4.79. The van der Waals surface area contributed by atoms with Crippen molar-refractivity contribution in [2.75, 3.05) is 51.8 Å². The van der Waals surface area contributed by atoms with E-state index in [2.05, 4.69) is 51.5 Å². The minimum atomic E-state index is -0.621. The van der Waals surface area contributed by atoms with E-state index in [1.165, 1.54) is 23.4 Å². The molecule has 1 saturated heterocycles. The largest absolute Gasteiger partial charge is 0.467 e. The van der Waals surface area contributed by atoms with Gasteiger partial charge in [-0.2, -0.15) is 11.8 Å². The van der Waals surface area contributed by atoms with Crippen LogP contribution >= 0.6 is 11.8 Å². The fraction of sp³-hybridized carbons (Fsp3) is 0.538. The van der Waals surface area contributed by atoms with E-state index in [0.29, 0.717) is 25.6 Å². The van der Waals surface area contributed by atoms with E-state index in [9.17, 15) is 9.59 Å². The molecule has 3 N–H and O–H groups in total. The Balaban J connectivity index is 1.76. The van der Waals surface area contributed by atoms with Gasteiger partial charge in [0, 0.05) is 32.2 Å². The van der Waals surface area contributed by atoms with Gasteiger partial charge in [0.2, 0.25) is 5.91 Å². The number of ether oxygens (including phenoxy) is 1. The number of likely N-dealkylation sites (tertiary alicyclic amines) is 1. The van der Waals surface area contributed by atoms with Crippen molar-refractivity contribution in [2.24, 2.45) is 5.73 Å². The number of fused-ring (bicyclic) bond motifs is 1. The first-order valence-electron chi connectivity index (χ1n) is 12.0. The number of rotatable bonds is 13. The molecule has 8 heteroatoms. The van der Waals surface area contributed by atoms with Crippen molar-refractivity contribution in [3.63, 3.8) is 0 Å². The Labute approximate surface area is 207 Å². The fourth-order valence-corrected chi connectivity index (χ4v) is 5.26. The second-order valence-electron chi connectivity index (χ2n) is 8.85. The van der Waals surface area contributed by atoms with Gasteiger partial charge >= 0.3 is 5.97 Å². The molecule has 0 aromatic heterocycles. The Hall–Kier alpha value is -2.13. The predicted octanol–water partition coefficient (Wildman–Crippen LogP) is 2.48. The average Bonchev–Trinajstić information content (AvgIpc) is 3.28. The first kappa shape index (κ1) is 26.5. The molecule has 0 saturated carbocycles. The molecule has 0 spiro atoms. The van der Waals surface area contributed by atoms with Crippen molar-refractivity contribution < 1.29 is 14.3 Å². The van der Waals surface area contributed by atoms with Gasteiger partial charge in [0.1, 0.15) is 6.04 Å². The number of nitrogens with zero attached hydrogens (tertiary/aromatic N) is 2. The zero-order valence-electron chi connectivity index (χ0n) is 20.4. The lowest BCUT2D eigenvalue weighted by molar-refractivity contribution is -0.145. The van der Waals surface area contributed by atoms with E-state index in [0.717, 1.165) is 38.2 Å². The molecule has 0 radical (unpaired) electrons. The highest BCUT2D eigenvalue weighted by Crippen LogP contribution is 2.22. The molecular formula is C26H38N4O3S. The molecule has 1 aliphatic rings. The van der Waals surface area contributed by atoms with Crippen molar-refractivity contribution in [3.8, 4) is 0 Å². The summed E-state index contributed by atoms with van der Waals surface area (Å²) in [6.45, 7) is 4.23. The summed E-state index contributed by atoms with van der Waals surface area (Å²) in [5.41, 5.74) is 7.03. The summed E-state index contributed by atoms with van der Waals surface area (Å²) in [7, 11) is 1.36. The maximum Gasteiger partial charge on any atom is 0.328 e. The summed E-state index contributed by atoms with van der Waals surface area (Å²) in [6, 6.07) is 14.4. The highest BCUT2D eigenvalue weighted by molar-refractivity contribution is 7.98. The number of benzene rings is 2. The van der Waals surface area contributed by atoms with Crippen molar-refractivity contribution in [1.82, 2.24) is 15.1 Å². The molecule has 2 aromatic rings. The van der Waals surface area contributed by atoms with Crippen LogP contribution in [0.2, 0.25) is 0 Å². The quantitative estimate of drug-likeness (QED) is 0.421. The second kappa shape index (κ2) is 13.7. The number of carbonyl (C=O) groups is 2. The molecule has 3 rings (SSSR count). The number of nitrogens with one attached hydrogen (secondary N) is 1. The lowest BCUT2D eigenvalue weighted by Crippen LogP contribution is -2.48. The predicted molar refractivity (Wildman–Crippen MR) is 140 cm³/mol. The zero-order chi connectivity index (χ0) is 24.3. The minimum absolute atomic E-state index is 0.153. The highest BCUT2D eigenvalue weighted by atomic mass is 32.2. The molecule has 2 aromatic carbocycles. The van der Waals surface area contributed by atoms with Gasteiger partial charge < -0.3 is 15.8 Å². The van der Waals surface area contributed by atoms with E-state index in [1.807, 2.05) is 12.3 Å². The topological polar surface area (TPSA) is 87.9 Å². The van der Waals surface area contributed by atoms with E-state index in [1.54, 1.807) is 11.8 Å². The molecule has 1 fully saturated rings. The van der Waals surface area contributed by atoms with Gasteiger partial charge in [-0.3, -0.25) is 14.6 Å². The smallest absolute Gasteiger partial charge is 0.328 e. The normalized spacial score (nSPS) is 17.2. The SMILES string of the molecule is COC(=O)[C@H](CCSC)NC(=O)CN(Cc1cccc2ccccc12)C[C@@H]1CCCN1CCN. The van der Waals surface area contributed by atoms with Crippen LogP contribution in [0.15, 0.2) is 42.5 Å². The number of hydrogen-bond acceptors (Lipinski definition) is 7. The standard InChI is InChI=1S/C26H38N4O3S/c1-33-26(32)24(12-16-34-2)28-25(31)19-29(18-22-10-6-14-30(22)15-13-27)17-21-9-5-8-20-7-3-4-11-23(20)21/h3-5,7-9,11,22,24H,6,10,12-19,27H2,1-2H3,(H,28,31)/t22-,24-/m0/s1. The summed E-state index contributed by atoms with van der Waals surface area (Å²) < 4.78 is 4.91. The number of methoxy groups -OCH3 is 1. The van der Waals surface area contributed by atoms with E-state index in [4.69, 9.17) is 10.5 Å². The second-order valence-corrected chi connectivity index (χ2v) is 9.84. The maximum atomic E-state index is 13.1. The number of nitrogens with two attached hydrogens (primary N) is 1. The number of hydrogen-bond donors (Lipinski definition) is 2. The van der Waals surface area contributed by atoms with Crippen LogP contribution in [0, 0.1) is 0 Å². The Bertz CT molecular complexity index is 936. The Kier molecular flexibility index (Phi) is 10.7. The molecule has 186 valence electrons. The van der Waals surface area contributed by atoms with Crippen LogP contribution in [-0.2, 0) is 20.9 Å². The Morgan fingerprint density at radius 1 is 1.26 bits per heavy atom. The van der Waals surface area contributed by atoms with Gasteiger partial charge in [-0.15, -0.1) is 0 Å². The summed E-state index contributed by atoms with van der Waals surface area (Å²) >= 11 is 1.64. The van der Waals surface area contributed by atoms with E-state index < -0.39 is 12.0 Å². The average molecular weight is 487 g/mol. The highest BCUT2D eigenvalue weighted by Gasteiger charge is 2.28. The molecule has 34 heavy (non-hydrogen) atoms. The van der Waals surface area contributed by atoms with Crippen molar-refractivity contribution in [2.45, 2.75) is 37.9 Å². The third-order valence-corrected chi connectivity index (χ3v) is 7.10. The summed E-state index contributed by atoms with van der Waals surface area (Å²) in [5, 5.41) is 5.31. The number of carbonyl (C=O) groups excluding carboxylic acids is 2. The molecule has 0 aliphatic carbocycles. The molecule has 7 nitrogen and oxygen atoms in total. The monoisotopic (exact) mass is 486 g/mol. The molecule has 0 bridgehead atoms. The molecule has 1 heterocycles. The fourth-order valence-electron chi connectivity index (χ4n) is 4.79. The van der Waals surface area contributed by atoms with Crippen LogP contribution < -0.4 is 11.1 Å². The van der Waals surface area contributed by atoms with Crippen LogP contribution in [0.3, 0.4) is 0 Å². The number of amides is 1. The molecule has 2 atom stereocenters. The molecule has 1 aliphatic heterocycles. The summed E-state index contributed by atoms with van der Waals surface area (Å²) in [5.74, 6) is 0.226. The van der Waals surface area contributed by atoms with Crippen LogP contribution in [0.5, 0.6) is 0 Å². The number of thioether (sulfide) groups is 1. The van der Waals surface area contributed by atoms with Gasteiger partial charge in [0.25, 0.3) is 0 Å². The maximum absolute atomic E-state index is 13.1. The third-order valence-electron chi connectivity index (χ3n) is 6.46. The van der Waals surface area contributed by atoms with Crippen molar-refractivity contribution in [1.29, 1.82) is 0 Å². The van der Waals surface area contributed by atoms with Gasteiger partial charge in [0.05, 0.1) is 13.7 Å². The van der Waals surface area contributed by atoms with Crippen LogP contribution in [0.1, 0.15) is 24.8 Å². The first-order valence-corrected chi connectivity index (χ1v) is 13.4. The lowest BCUT2D eigenvalue weighted by Gasteiger charge is -2.31. The Morgan fingerprint density at radius 3 is 2.82 bits per heavy atom. The van der Waals surface area contributed by atoms with Crippen LogP contribution in [0.25, 0.3) is 10.8 Å². The van der Waals surface area contributed by atoms with Crippen LogP contribution in [-0.4, -0.2) is 85.6 Å². The van der Waals surface area contributed by atoms with Crippen molar-refractivity contribution in [3.05, 3.63) is 48.0 Å². The lowest BCUT2D eigenvalue weighted by atomic mass is 10.0. The molecule has 0 unspecified atom stereocenters. The van der Waals surface area contributed by atoms with E-state index >= 15 is 0 Å².